The Balaban J connectivity index is 2.92. The molecule has 0 N–H and O–H groups in total. The van der Waals surface area contributed by atoms with E-state index in [-0.39, 0.29) is 5.75 Å². The molecule has 4 nitrogen and oxygen atoms in total. The quantitative estimate of drug-likeness (QED) is 0.837. The van der Waals surface area contributed by atoms with Gasteiger partial charge < -0.3 is 4.90 Å². The molecule has 1 aromatic carbocycles. The lowest BCUT2D eigenvalue weighted by Gasteiger charge is -2.20. The van der Waals surface area contributed by atoms with E-state index >= 15 is 0 Å². The fraction of sp³-hybridized carbons (Fsp3) is 0.364. The molecule has 0 spiro atoms. The molecule has 0 unspecified atom stereocenters. The highest BCUT2D eigenvalue weighted by molar-refractivity contribution is 7.90. The molecule has 1 rings (SSSR count). The zero-order valence-corrected chi connectivity index (χ0v) is 11.2. The van der Waals surface area contributed by atoms with Gasteiger partial charge in [0.15, 0.2) is 0 Å². The summed E-state index contributed by atoms with van der Waals surface area (Å²) in [5.74, 6) is 0.0425. The zero-order valence-electron chi connectivity index (χ0n) is 9.64. The van der Waals surface area contributed by atoms with Gasteiger partial charge in [0.1, 0.15) is 15.9 Å². The van der Waals surface area contributed by atoms with Gasteiger partial charge in [0.2, 0.25) is 0 Å². The number of anilines is 1. The maximum Gasteiger partial charge on any atom is 0.149 e. The molecule has 0 radical (unpaired) electrons. The van der Waals surface area contributed by atoms with E-state index in [9.17, 15) is 8.42 Å². The van der Waals surface area contributed by atoms with Crippen LogP contribution in [0.4, 0.5) is 5.69 Å². The summed E-state index contributed by atoms with van der Waals surface area (Å²) in [5.41, 5.74) is 1.12. The van der Waals surface area contributed by atoms with Crippen molar-refractivity contribution in [2.75, 3.05) is 30.5 Å². The second-order valence-corrected chi connectivity index (χ2v) is 6.52. The first kappa shape index (κ1) is 13.8. The first-order valence-electron chi connectivity index (χ1n) is 4.92. The molecule has 0 saturated carbocycles. The van der Waals surface area contributed by atoms with Crippen LogP contribution in [0.2, 0.25) is 5.02 Å². The molecule has 0 aliphatic heterocycles. The van der Waals surface area contributed by atoms with E-state index in [0.29, 0.717) is 22.8 Å². The Labute approximate surface area is 106 Å². The van der Waals surface area contributed by atoms with Crippen LogP contribution in [0.3, 0.4) is 0 Å². The van der Waals surface area contributed by atoms with Gasteiger partial charge in [-0.25, -0.2) is 8.42 Å². The smallest absolute Gasteiger partial charge is 0.149 e. The van der Waals surface area contributed by atoms with Gasteiger partial charge in [-0.3, -0.25) is 0 Å². The third-order valence-electron chi connectivity index (χ3n) is 2.29. The van der Waals surface area contributed by atoms with Gasteiger partial charge in [0, 0.05) is 24.9 Å². The van der Waals surface area contributed by atoms with Crippen molar-refractivity contribution in [1.82, 2.24) is 0 Å². The standard InChI is InChI=1S/C11H13ClN2O2S/c1-14(5-6-17(2,15)16)11-7-10(12)4-3-9(11)8-13/h3-4,7H,5-6H2,1-2H3. The highest BCUT2D eigenvalue weighted by Gasteiger charge is 2.10. The molecular weight excluding hydrogens is 260 g/mol. The van der Waals surface area contributed by atoms with Gasteiger partial charge >= 0.3 is 0 Å². The molecule has 0 fully saturated rings. The zero-order chi connectivity index (χ0) is 13.1. The average Bonchev–Trinajstić information content (AvgIpc) is 2.25. The van der Waals surface area contributed by atoms with Crippen molar-refractivity contribution in [3.63, 3.8) is 0 Å². The molecule has 92 valence electrons. The van der Waals surface area contributed by atoms with E-state index in [1.54, 1.807) is 30.1 Å². The fourth-order valence-electron chi connectivity index (χ4n) is 1.34. The van der Waals surface area contributed by atoms with Gasteiger partial charge in [-0.15, -0.1) is 0 Å². The summed E-state index contributed by atoms with van der Waals surface area (Å²) in [6, 6.07) is 6.96. The molecule has 0 heterocycles. The van der Waals surface area contributed by atoms with Gasteiger partial charge in [-0.2, -0.15) is 5.26 Å². The van der Waals surface area contributed by atoms with E-state index in [1.807, 2.05) is 0 Å². The van der Waals surface area contributed by atoms with Gasteiger partial charge in [-0.05, 0) is 18.2 Å². The number of halogens is 1. The van der Waals surface area contributed by atoms with Crippen molar-refractivity contribution in [2.24, 2.45) is 0 Å². The minimum Gasteiger partial charge on any atom is -0.372 e. The van der Waals surface area contributed by atoms with Gasteiger partial charge in [0.05, 0.1) is 17.0 Å². The number of nitrogens with zero attached hydrogens (tertiary/aromatic N) is 2. The van der Waals surface area contributed by atoms with Crippen LogP contribution in [0, 0.1) is 11.3 Å². The average molecular weight is 273 g/mol. The fourth-order valence-corrected chi connectivity index (χ4v) is 2.11. The second kappa shape index (κ2) is 5.39. The van der Waals surface area contributed by atoms with Crippen molar-refractivity contribution < 1.29 is 8.42 Å². The molecule has 0 bridgehead atoms. The van der Waals surface area contributed by atoms with E-state index in [2.05, 4.69) is 6.07 Å². The lowest BCUT2D eigenvalue weighted by Crippen LogP contribution is -2.25. The number of hydrogen-bond acceptors (Lipinski definition) is 4. The van der Waals surface area contributed by atoms with Crippen LogP contribution in [-0.2, 0) is 9.84 Å². The Morgan fingerprint density at radius 1 is 1.47 bits per heavy atom. The summed E-state index contributed by atoms with van der Waals surface area (Å²) in [5, 5.41) is 9.47. The predicted molar refractivity (Wildman–Crippen MR) is 69.1 cm³/mol. The number of rotatable bonds is 4. The Bertz CT molecular complexity index is 549. The Morgan fingerprint density at radius 2 is 2.12 bits per heavy atom. The summed E-state index contributed by atoms with van der Waals surface area (Å²) < 4.78 is 22.1. The predicted octanol–water partition coefficient (Wildman–Crippen LogP) is 1.69. The van der Waals surface area contributed by atoms with E-state index in [1.165, 1.54) is 6.26 Å². The minimum atomic E-state index is -3.01. The van der Waals surface area contributed by atoms with Crippen molar-refractivity contribution in [1.29, 1.82) is 5.26 Å². The van der Waals surface area contributed by atoms with Crippen LogP contribution in [0.5, 0.6) is 0 Å². The third-order valence-corrected chi connectivity index (χ3v) is 3.45. The molecule has 0 amide bonds. The third kappa shape index (κ3) is 4.25. The van der Waals surface area contributed by atoms with Crippen molar-refractivity contribution in [2.45, 2.75) is 0 Å². The monoisotopic (exact) mass is 272 g/mol. The van der Waals surface area contributed by atoms with E-state index < -0.39 is 9.84 Å². The highest BCUT2D eigenvalue weighted by Crippen LogP contribution is 2.23. The van der Waals surface area contributed by atoms with Gasteiger partial charge in [-0.1, -0.05) is 11.6 Å². The van der Waals surface area contributed by atoms with Crippen molar-refractivity contribution >= 4 is 27.1 Å². The molecule has 0 aromatic heterocycles. The summed E-state index contributed by atoms with van der Waals surface area (Å²) in [7, 11) is -1.28. The van der Waals surface area contributed by atoms with Crippen LogP contribution in [0.25, 0.3) is 0 Å². The normalized spacial score (nSPS) is 10.9. The first-order chi connectivity index (χ1) is 7.83. The van der Waals surface area contributed by atoms with Crippen LogP contribution in [0.15, 0.2) is 18.2 Å². The van der Waals surface area contributed by atoms with Crippen LogP contribution in [-0.4, -0.2) is 34.0 Å². The molecule has 6 heteroatoms. The molecule has 1 aromatic rings. The Hall–Kier alpha value is -1.25. The summed E-state index contributed by atoms with van der Waals surface area (Å²) in [6.07, 6.45) is 1.18. The van der Waals surface area contributed by atoms with Crippen LogP contribution < -0.4 is 4.90 Å². The van der Waals surface area contributed by atoms with Crippen molar-refractivity contribution in [3.8, 4) is 6.07 Å². The Kier molecular flexibility index (Phi) is 4.38. The number of hydrogen-bond donors (Lipinski definition) is 0. The maximum absolute atomic E-state index is 11.1. The largest absolute Gasteiger partial charge is 0.372 e. The second-order valence-electron chi connectivity index (χ2n) is 3.82. The topological polar surface area (TPSA) is 61.2 Å². The molecule has 0 saturated heterocycles. The molecule has 0 aliphatic carbocycles. The molecule has 17 heavy (non-hydrogen) atoms. The first-order valence-corrected chi connectivity index (χ1v) is 7.36. The summed E-state index contributed by atoms with van der Waals surface area (Å²) in [6.45, 7) is 0.327. The molecule has 0 atom stereocenters. The Morgan fingerprint density at radius 3 is 2.65 bits per heavy atom. The van der Waals surface area contributed by atoms with E-state index in [0.717, 1.165) is 0 Å². The molecular formula is C11H13ClN2O2S. The summed E-state index contributed by atoms with van der Waals surface area (Å²) in [4.78, 5) is 1.71. The lowest BCUT2D eigenvalue weighted by atomic mass is 10.2. The number of benzene rings is 1. The highest BCUT2D eigenvalue weighted by atomic mass is 35.5. The minimum absolute atomic E-state index is 0.0425. The van der Waals surface area contributed by atoms with Gasteiger partial charge in [0.25, 0.3) is 0 Å². The van der Waals surface area contributed by atoms with Crippen LogP contribution >= 0.6 is 11.6 Å². The lowest BCUT2D eigenvalue weighted by molar-refractivity contribution is 0.601. The van der Waals surface area contributed by atoms with E-state index in [4.69, 9.17) is 16.9 Å². The number of sulfone groups is 1. The SMILES string of the molecule is CN(CCS(C)(=O)=O)c1cc(Cl)ccc1C#N. The summed E-state index contributed by atoms with van der Waals surface area (Å²) >= 11 is 5.85. The van der Waals surface area contributed by atoms with Crippen LogP contribution in [0.1, 0.15) is 5.56 Å². The molecule has 0 aliphatic rings. The number of nitriles is 1. The van der Waals surface area contributed by atoms with Crippen molar-refractivity contribution in [3.05, 3.63) is 28.8 Å². The maximum atomic E-state index is 11.1.